The molecule has 0 aliphatic rings. The van der Waals surface area contributed by atoms with Crippen molar-refractivity contribution in [2.75, 3.05) is 7.05 Å². The molecule has 0 unspecified atom stereocenters. The lowest BCUT2D eigenvalue weighted by Gasteiger charge is -2.18. The minimum Gasteiger partial charge on any atom is -0.508 e. The van der Waals surface area contributed by atoms with Crippen molar-refractivity contribution < 1.29 is 9.90 Å². The molecule has 0 aromatic heterocycles. The second-order valence-electron chi connectivity index (χ2n) is 4.45. The molecule has 2 rings (SSSR count). The normalized spacial score (nSPS) is 10.3. The van der Waals surface area contributed by atoms with Gasteiger partial charge in [0.2, 0.25) is 0 Å². The lowest BCUT2D eigenvalue weighted by Crippen LogP contribution is -2.26. The first-order valence-corrected chi connectivity index (χ1v) is 7.13. The number of carbonyl (C=O) groups excluding carboxylic acids is 1. The fraction of sp³-hybridized carbons (Fsp3) is 0.133. The number of nitrogens with zero attached hydrogens (tertiary/aromatic N) is 1. The number of hydrogen-bond donors (Lipinski definition) is 1. The van der Waals surface area contributed by atoms with Crippen LogP contribution in [0.1, 0.15) is 15.9 Å². The average Bonchev–Trinajstić information content (AvgIpc) is 2.43. The highest BCUT2D eigenvalue weighted by molar-refractivity contribution is 9.10. The number of aromatic hydroxyl groups is 1. The number of phenols is 1. The van der Waals surface area contributed by atoms with E-state index in [0.717, 1.165) is 10.0 Å². The third-order valence-electron chi connectivity index (χ3n) is 2.86. The summed E-state index contributed by atoms with van der Waals surface area (Å²) in [5, 5.41) is 9.78. The van der Waals surface area contributed by atoms with Crippen LogP contribution < -0.4 is 0 Å². The number of hydrogen-bond acceptors (Lipinski definition) is 2. The molecule has 5 heteroatoms. The van der Waals surface area contributed by atoms with Crippen molar-refractivity contribution in [3.8, 4) is 5.75 Å². The van der Waals surface area contributed by atoms with Gasteiger partial charge in [-0.05, 0) is 35.9 Å². The Morgan fingerprint density at radius 3 is 2.55 bits per heavy atom. The molecule has 0 fully saturated rings. The van der Waals surface area contributed by atoms with Gasteiger partial charge in [0.15, 0.2) is 0 Å². The van der Waals surface area contributed by atoms with Crippen molar-refractivity contribution in [2.24, 2.45) is 0 Å². The van der Waals surface area contributed by atoms with Gasteiger partial charge in [0, 0.05) is 18.1 Å². The Bertz CT molecular complexity index is 628. The van der Waals surface area contributed by atoms with Crippen LogP contribution in [-0.4, -0.2) is 23.0 Å². The maximum Gasteiger partial charge on any atom is 0.255 e. The van der Waals surface area contributed by atoms with E-state index in [-0.39, 0.29) is 11.7 Å². The molecule has 0 aliphatic carbocycles. The van der Waals surface area contributed by atoms with Gasteiger partial charge in [0.1, 0.15) is 5.75 Å². The smallest absolute Gasteiger partial charge is 0.255 e. The molecule has 0 heterocycles. The molecule has 2 aromatic rings. The number of phenolic OH excluding ortho intramolecular Hbond substituents is 1. The fourth-order valence-electron chi connectivity index (χ4n) is 1.82. The zero-order valence-corrected chi connectivity index (χ0v) is 13.1. The summed E-state index contributed by atoms with van der Waals surface area (Å²) in [5.41, 5.74) is 1.31. The highest BCUT2D eigenvalue weighted by Gasteiger charge is 2.16. The van der Waals surface area contributed by atoms with Gasteiger partial charge in [-0.3, -0.25) is 4.79 Å². The molecule has 0 bridgehead atoms. The minimum atomic E-state index is -0.228. The third-order valence-corrected chi connectivity index (χ3v) is 3.72. The van der Waals surface area contributed by atoms with E-state index in [1.165, 1.54) is 18.2 Å². The molecule has 0 radical (unpaired) electrons. The summed E-state index contributed by atoms with van der Waals surface area (Å²) in [5.74, 6) is -0.205. The summed E-state index contributed by atoms with van der Waals surface area (Å²) in [6.45, 7) is 0.470. The molecule has 104 valence electrons. The van der Waals surface area contributed by atoms with Crippen LogP contribution in [0.15, 0.2) is 46.9 Å². The Labute approximate surface area is 130 Å². The molecule has 2 aromatic carbocycles. The molecule has 0 spiro atoms. The monoisotopic (exact) mass is 353 g/mol. The fourth-order valence-corrected chi connectivity index (χ4v) is 2.28. The van der Waals surface area contributed by atoms with Crippen LogP contribution in [0.2, 0.25) is 5.02 Å². The predicted molar refractivity (Wildman–Crippen MR) is 83.1 cm³/mol. The summed E-state index contributed by atoms with van der Waals surface area (Å²) in [6.07, 6.45) is 0. The Morgan fingerprint density at radius 1 is 1.25 bits per heavy atom. The first kappa shape index (κ1) is 14.9. The summed E-state index contributed by atoms with van der Waals surface area (Å²) >= 11 is 9.36. The van der Waals surface area contributed by atoms with Gasteiger partial charge in [-0.2, -0.15) is 0 Å². The van der Waals surface area contributed by atoms with Crippen molar-refractivity contribution in [3.05, 3.63) is 63.1 Å². The summed E-state index contributed by atoms with van der Waals surface area (Å²) in [6, 6.07) is 12.1. The first-order chi connectivity index (χ1) is 9.47. The highest BCUT2D eigenvalue weighted by atomic mass is 79.9. The Hall–Kier alpha value is -1.52. The van der Waals surface area contributed by atoms with Gasteiger partial charge < -0.3 is 10.0 Å². The third kappa shape index (κ3) is 3.52. The standard InChI is InChI=1S/C15H13BrClNO2/c1-18(9-10-2-4-11(16)5-3-10)15(20)13-8-12(19)6-7-14(13)17/h2-8,19H,9H2,1H3. The second kappa shape index (κ2) is 6.29. The number of amides is 1. The quantitative estimate of drug-likeness (QED) is 0.902. The highest BCUT2D eigenvalue weighted by Crippen LogP contribution is 2.23. The average molecular weight is 355 g/mol. The van der Waals surface area contributed by atoms with Crippen LogP contribution in [0.25, 0.3) is 0 Å². The van der Waals surface area contributed by atoms with E-state index in [9.17, 15) is 9.90 Å². The minimum absolute atomic E-state index is 0.0230. The van der Waals surface area contributed by atoms with Crippen molar-refractivity contribution in [1.29, 1.82) is 0 Å². The zero-order valence-electron chi connectivity index (χ0n) is 10.8. The van der Waals surface area contributed by atoms with E-state index in [4.69, 9.17) is 11.6 Å². The van der Waals surface area contributed by atoms with E-state index in [0.29, 0.717) is 17.1 Å². The molecule has 1 N–H and O–H groups in total. The summed E-state index contributed by atoms with van der Waals surface area (Å²) < 4.78 is 0.992. The maximum atomic E-state index is 12.3. The number of rotatable bonds is 3. The molecule has 20 heavy (non-hydrogen) atoms. The molecule has 1 amide bonds. The van der Waals surface area contributed by atoms with Gasteiger partial charge in [-0.1, -0.05) is 39.7 Å². The topological polar surface area (TPSA) is 40.5 Å². The number of halogens is 2. The van der Waals surface area contributed by atoms with Crippen LogP contribution in [0.5, 0.6) is 5.75 Å². The SMILES string of the molecule is CN(Cc1ccc(Br)cc1)C(=O)c1cc(O)ccc1Cl. The van der Waals surface area contributed by atoms with Crippen molar-refractivity contribution >= 4 is 33.4 Å². The van der Waals surface area contributed by atoms with Crippen molar-refractivity contribution in [1.82, 2.24) is 4.90 Å². The van der Waals surface area contributed by atoms with Gasteiger partial charge in [-0.25, -0.2) is 0 Å². The molecule has 3 nitrogen and oxygen atoms in total. The molecular weight excluding hydrogens is 342 g/mol. The van der Waals surface area contributed by atoms with Crippen LogP contribution in [0, 0.1) is 0 Å². The molecule has 0 aliphatic heterocycles. The first-order valence-electron chi connectivity index (χ1n) is 5.96. The number of carbonyl (C=O) groups is 1. The largest absolute Gasteiger partial charge is 0.508 e. The molecular formula is C15H13BrClNO2. The van der Waals surface area contributed by atoms with E-state index >= 15 is 0 Å². The van der Waals surface area contributed by atoms with Crippen molar-refractivity contribution in [2.45, 2.75) is 6.54 Å². The lowest BCUT2D eigenvalue weighted by molar-refractivity contribution is 0.0785. The van der Waals surface area contributed by atoms with Gasteiger partial charge in [-0.15, -0.1) is 0 Å². The van der Waals surface area contributed by atoms with Crippen molar-refractivity contribution in [3.63, 3.8) is 0 Å². The Morgan fingerprint density at radius 2 is 1.90 bits per heavy atom. The van der Waals surface area contributed by atoms with E-state index in [1.807, 2.05) is 24.3 Å². The molecule has 0 saturated carbocycles. The lowest BCUT2D eigenvalue weighted by atomic mass is 10.1. The maximum absolute atomic E-state index is 12.3. The summed E-state index contributed by atoms with van der Waals surface area (Å²) in [4.78, 5) is 13.9. The summed E-state index contributed by atoms with van der Waals surface area (Å²) in [7, 11) is 1.70. The Kier molecular flexibility index (Phi) is 4.68. The van der Waals surface area contributed by atoms with Crippen LogP contribution >= 0.6 is 27.5 Å². The van der Waals surface area contributed by atoms with E-state index < -0.39 is 0 Å². The van der Waals surface area contributed by atoms with E-state index in [2.05, 4.69) is 15.9 Å². The van der Waals surface area contributed by atoms with Gasteiger partial charge in [0.05, 0.1) is 10.6 Å². The second-order valence-corrected chi connectivity index (χ2v) is 5.77. The van der Waals surface area contributed by atoms with Gasteiger partial charge in [0.25, 0.3) is 5.91 Å². The Balaban J connectivity index is 2.16. The molecule has 0 saturated heterocycles. The predicted octanol–water partition coefficient (Wildman–Crippen LogP) is 4.08. The molecule has 0 atom stereocenters. The van der Waals surface area contributed by atoms with Crippen LogP contribution in [0.4, 0.5) is 0 Å². The van der Waals surface area contributed by atoms with E-state index in [1.54, 1.807) is 11.9 Å². The van der Waals surface area contributed by atoms with Crippen LogP contribution in [0.3, 0.4) is 0 Å². The van der Waals surface area contributed by atoms with Crippen LogP contribution in [-0.2, 0) is 6.54 Å². The van der Waals surface area contributed by atoms with Gasteiger partial charge >= 0.3 is 0 Å². The number of benzene rings is 2. The zero-order chi connectivity index (χ0) is 14.7.